The molecule has 1 heterocycles. The summed E-state index contributed by atoms with van der Waals surface area (Å²) in [5.41, 5.74) is 3.79. The monoisotopic (exact) mass is 275 g/mol. The molecule has 0 saturated heterocycles. The summed E-state index contributed by atoms with van der Waals surface area (Å²) < 4.78 is 5.86. The molecule has 3 heteroatoms. The highest BCUT2D eigenvalue weighted by molar-refractivity contribution is 7.09. The molecule has 0 fully saturated rings. The van der Waals surface area contributed by atoms with Crippen LogP contribution in [0.2, 0.25) is 0 Å². The third-order valence-electron chi connectivity index (χ3n) is 3.18. The van der Waals surface area contributed by atoms with Crippen LogP contribution >= 0.6 is 11.3 Å². The molecule has 0 amide bonds. The maximum absolute atomic E-state index is 5.86. The van der Waals surface area contributed by atoms with Crippen molar-refractivity contribution in [2.24, 2.45) is 0 Å². The van der Waals surface area contributed by atoms with E-state index in [4.69, 9.17) is 4.74 Å². The molecule has 19 heavy (non-hydrogen) atoms. The Balaban J connectivity index is 1.76. The summed E-state index contributed by atoms with van der Waals surface area (Å²) in [7, 11) is 0. The van der Waals surface area contributed by atoms with Gasteiger partial charge in [-0.05, 0) is 55.0 Å². The second-order valence-corrected chi connectivity index (χ2v) is 5.84. The molecule has 1 aromatic heterocycles. The van der Waals surface area contributed by atoms with Gasteiger partial charge in [0.1, 0.15) is 12.4 Å². The van der Waals surface area contributed by atoms with Gasteiger partial charge in [0.25, 0.3) is 0 Å². The van der Waals surface area contributed by atoms with Crippen molar-refractivity contribution in [1.82, 2.24) is 5.32 Å². The number of benzene rings is 1. The fourth-order valence-electron chi connectivity index (χ4n) is 2.01. The van der Waals surface area contributed by atoms with Crippen LogP contribution in [0.25, 0.3) is 0 Å². The van der Waals surface area contributed by atoms with Gasteiger partial charge in [0.15, 0.2) is 0 Å². The minimum atomic E-state index is 0.703. The van der Waals surface area contributed by atoms with Crippen molar-refractivity contribution >= 4 is 11.3 Å². The van der Waals surface area contributed by atoms with Gasteiger partial charge in [0, 0.05) is 18.0 Å². The Morgan fingerprint density at radius 2 is 2.05 bits per heavy atom. The van der Waals surface area contributed by atoms with E-state index >= 15 is 0 Å². The molecule has 2 aromatic rings. The summed E-state index contributed by atoms with van der Waals surface area (Å²) >= 11 is 1.78. The normalized spacial score (nSPS) is 10.7. The summed E-state index contributed by atoms with van der Waals surface area (Å²) in [6, 6.07) is 8.53. The lowest BCUT2D eigenvalue weighted by Gasteiger charge is -2.12. The minimum Gasteiger partial charge on any atom is -0.492 e. The van der Waals surface area contributed by atoms with Crippen molar-refractivity contribution in [3.8, 4) is 5.75 Å². The Hall–Kier alpha value is -1.32. The quantitative estimate of drug-likeness (QED) is 0.809. The maximum Gasteiger partial charge on any atom is 0.122 e. The van der Waals surface area contributed by atoms with E-state index in [-0.39, 0.29) is 0 Å². The summed E-state index contributed by atoms with van der Waals surface area (Å²) in [6.45, 7) is 8.84. The Labute approximate surface area is 119 Å². The van der Waals surface area contributed by atoms with Crippen molar-refractivity contribution in [2.45, 2.75) is 27.3 Å². The highest BCUT2D eigenvalue weighted by Gasteiger charge is 2.03. The molecule has 2 rings (SSSR count). The van der Waals surface area contributed by atoms with Gasteiger partial charge >= 0.3 is 0 Å². The third-order valence-corrected chi connectivity index (χ3v) is 4.06. The van der Waals surface area contributed by atoms with Crippen LogP contribution in [0.3, 0.4) is 0 Å². The van der Waals surface area contributed by atoms with Crippen LogP contribution in [0.15, 0.2) is 29.6 Å². The number of rotatable bonds is 6. The van der Waals surface area contributed by atoms with Crippen LogP contribution in [0.4, 0.5) is 0 Å². The van der Waals surface area contributed by atoms with Crippen molar-refractivity contribution < 1.29 is 4.74 Å². The van der Waals surface area contributed by atoms with Gasteiger partial charge in [0.05, 0.1) is 0 Å². The molecule has 0 spiro atoms. The smallest absolute Gasteiger partial charge is 0.122 e. The lowest BCUT2D eigenvalue weighted by Crippen LogP contribution is -2.20. The topological polar surface area (TPSA) is 21.3 Å². The van der Waals surface area contributed by atoms with Crippen molar-refractivity contribution in [3.63, 3.8) is 0 Å². The molecule has 0 aliphatic carbocycles. The number of aryl methyl sites for hydroxylation is 2. The van der Waals surface area contributed by atoms with Crippen molar-refractivity contribution in [3.05, 3.63) is 51.2 Å². The minimum absolute atomic E-state index is 0.703. The van der Waals surface area contributed by atoms with E-state index in [2.05, 4.69) is 55.7 Å². The second kappa shape index (κ2) is 6.73. The van der Waals surface area contributed by atoms with E-state index in [0.717, 1.165) is 18.8 Å². The molecule has 102 valence electrons. The predicted octanol–water partition coefficient (Wildman–Crippen LogP) is 3.84. The molecular formula is C16H21NOS. The van der Waals surface area contributed by atoms with Crippen LogP contribution in [0, 0.1) is 20.8 Å². The van der Waals surface area contributed by atoms with Crippen LogP contribution < -0.4 is 10.1 Å². The zero-order valence-electron chi connectivity index (χ0n) is 11.8. The summed E-state index contributed by atoms with van der Waals surface area (Å²) in [5.74, 6) is 1.01. The van der Waals surface area contributed by atoms with Gasteiger partial charge < -0.3 is 10.1 Å². The molecule has 0 unspecified atom stereocenters. The van der Waals surface area contributed by atoms with Crippen LogP contribution in [0.1, 0.15) is 21.6 Å². The van der Waals surface area contributed by atoms with E-state index < -0.39 is 0 Å². The fourth-order valence-corrected chi connectivity index (χ4v) is 2.68. The average Bonchev–Trinajstić information content (AvgIpc) is 2.87. The molecule has 0 atom stereocenters. The first-order valence-corrected chi connectivity index (χ1v) is 7.48. The summed E-state index contributed by atoms with van der Waals surface area (Å²) in [5, 5.41) is 5.50. The van der Waals surface area contributed by atoms with Gasteiger partial charge in [-0.25, -0.2) is 0 Å². The standard InChI is InChI=1S/C16H21NOS/c1-12-9-13(2)14(3)16(10-12)18-7-6-17-11-15-5-4-8-19-15/h4-5,8-10,17H,6-7,11H2,1-3H3. The first kappa shape index (κ1) is 14.1. The molecular weight excluding hydrogens is 254 g/mol. The van der Waals surface area contributed by atoms with E-state index in [0.29, 0.717) is 6.61 Å². The number of thiophene rings is 1. The Bertz CT molecular complexity index is 520. The third kappa shape index (κ3) is 4.08. The SMILES string of the molecule is Cc1cc(C)c(C)c(OCCNCc2cccs2)c1. The highest BCUT2D eigenvalue weighted by Crippen LogP contribution is 2.23. The van der Waals surface area contributed by atoms with Crippen LogP contribution in [-0.2, 0) is 6.54 Å². The van der Waals surface area contributed by atoms with Gasteiger partial charge in [-0.1, -0.05) is 12.1 Å². The van der Waals surface area contributed by atoms with Gasteiger partial charge in [-0.15, -0.1) is 11.3 Å². The second-order valence-electron chi connectivity index (χ2n) is 4.81. The molecule has 0 bridgehead atoms. The summed E-state index contributed by atoms with van der Waals surface area (Å²) in [6.07, 6.45) is 0. The van der Waals surface area contributed by atoms with E-state index in [1.165, 1.54) is 21.6 Å². The lowest BCUT2D eigenvalue weighted by atomic mass is 10.1. The van der Waals surface area contributed by atoms with Gasteiger partial charge in [0.2, 0.25) is 0 Å². The Morgan fingerprint density at radius 3 is 2.79 bits per heavy atom. The molecule has 1 N–H and O–H groups in total. The van der Waals surface area contributed by atoms with Crippen molar-refractivity contribution in [2.75, 3.05) is 13.2 Å². The van der Waals surface area contributed by atoms with Crippen molar-refractivity contribution in [1.29, 1.82) is 0 Å². The maximum atomic E-state index is 5.86. The predicted molar refractivity (Wildman–Crippen MR) is 82.2 cm³/mol. The van der Waals surface area contributed by atoms with E-state index in [1.54, 1.807) is 11.3 Å². The fraction of sp³-hybridized carbons (Fsp3) is 0.375. The molecule has 0 saturated carbocycles. The first-order valence-electron chi connectivity index (χ1n) is 6.60. The lowest BCUT2D eigenvalue weighted by molar-refractivity contribution is 0.311. The molecule has 0 radical (unpaired) electrons. The number of ether oxygens (including phenoxy) is 1. The number of hydrogen-bond donors (Lipinski definition) is 1. The van der Waals surface area contributed by atoms with Gasteiger partial charge in [-0.2, -0.15) is 0 Å². The number of hydrogen-bond acceptors (Lipinski definition) is 3. The zero-order valence-corrected chi connectivity index (χ0v) is 12.6. The van der Waals surface area contributed by atoms with Gasteiger partial charge in [-0.3, -0.25) is 0 Å². The number of nitrogens with one attached hydrogen (secondary N) is 1. The molecule has 1 aromatic carbocycles. The van der Waals surface area contributed by atoms with E-state index in [1.807, 2.05) is 0 Å². The zero-order chi connectivity index (χ0) is 13.7. The largest absolute Gasteiger partial charge is 0.492 e. The Kier molecular flexibility index (Phi) is 5.00. The Morgan fingerprint density at radius 1 is 1.21 bits per heavy atom. The average molecular weight is 275 g/mol. The van der Waals surface area contributed by atoms with Crippen LogP contribution in [-0.4, -0.2) is 13.2 Å². The highest BCUT2D eigenvalue weighted by atomic mass is 32.1. The van der Waals surface area contributed by atoms with Crippen LogP contribution in [0.5, 0.6) is 5.75 Å². The molecule has 0 aliphatic rings. The van der Waals surface area contributed by atoms with E-state index in [9.17, 15) is 0 Å². The summed E-state index contributed by atoms with van der Waals surface area (Å²) in [4.78, 5) is 1.36. The molecule has 0 aliphatic heterocycles. The molecule has 2 nitrogen and oxygen atoms in total. The first-order chi connectivity index (χ1) is 9.16.